The van der Waals surface area contributed by atoms with Crippen molar-refractivity contribution in [3.05, 3.63) is 53.9 Å². The molecule has 140 valence electrons. The molecule has 3 N–H and O–H groups in total. The van der Waals surface area contributed by atoms with Crippen LogP contribution in [0.15, 0.2) is 47.6 Å². The number of alkyl halides is 2. The number of aliphatic imine (C=N–C) groups is 1. The number of nitrogens with one attached hydrogen (secondary N) is 1. The highest BCUT2D eigenvalue weighted by atomic mass is 19.3. The van der Waals surface area contributed by atoms with Crippen LogP contribution >= 0.6 is 0 Å². The molecule has 1 aromatic heterocycles. The first-order valence-electron chi connectivity index (χ1n) is 8.22. The van der Waals surface area contributed by atoms with E-state index in [9.17, 15) is 8.78 Å². The average Bonchev–Trinajstić information content (AvgIpc) is 2.62. The molecular weight excluding hydrogens is 342 g/mol. The molecule has 0 aliphatic carbocycles. The van der Waals surface area contributed by atoms with Gasteiger partial charge in [0.2, 0.25) is 0 Å². The molecule has 0 fully saturated rings. The van der Waals surface area contributed by atoms with Gasteiger partial charge in [0.05, 0.1) is 13.2 Å². The molecule has 0 amide bonds. The smallest absolute Gasteiger partial charge is 0.387 e. The van der Waals surface area contributed by atoms with E-state index < -0.39 is 6.61 Å². The van der Waals surface area contributed by atoms with E-state index >= 15 is 0 Å². The molecule has 0 saturated carbocycles. The van der Waals surface area contributed by atoms with Crippen LogP contribution in [0.1, 0.15) is 18.2 Å². The second kappa shape index (κ2) is 10.2. The van der Waals surface area contributed by atoms with Crippen LogP contribution in [0.25, 0.3) is 0 Å². The number of nitrogens with zero attached hydrogens (tertiary/aromatic N) is 2. The molecule has 26 heavy (non-hydrogen) atoms. The molecular formula is C18H22F2N4O2. The van der Waals surface area contributed by atoms with Gasteiger partial charge < -0.3 is 20.5 Å². The monoisotopic (exact) mass is 364 g/mol. The fourth-order valence-corrected chi connectivity index (χ4v) is 2.21. The summed E-state index contributed by atoms with van der Waals surface area (Å²) in [5, 5.41) is 3.01. The Morgan fingerprint density at radius 3 is 2.81 bits per heavy atom. The highest BCUT2D eigenvalue weighted by molar-refractivity contribution is 5.77. The molecule has 0 atom stereocenters. The van der Waals surface area contributed by atoms with Gasteiger partial charge in [-0.2, -0.15) is 8.78 Å². The van der Waals surface area contributed by atoms with Crippen molar-refractivity contribution in [2.75, 3.05) is 13.2 Å². The van der Waals surface area contributed by atoms with Crippen molar-refractivity contribution in [3.63, 3.8) is 0 Å². The molecule has 0 aliphatic rings. The van der Waals surface area contributed by atoms with Gasteiger partial charge >= 0.3 is 6.61 Å². The molecule has 0 bridgehead atoms. The number of ether oxygens (including phenoxy) is 2. The summed E-state index contributed by atoms with van der Waals surface area (Å²) in [5.74, 6) is 0.546. The molecule has 1 aromatic carbocycles. The third-order valence-electron chi connectivity index (χ3n) is 3.37. The lowest BCUT2D eigenvalue weighted by molar-refractivity contribution is -0.0514. The van der Waals surface area contributed by atoms with E-state index in [1.807, 2.05) is 18.2 Å². The van der Waals surface area contributed by atoms with Crippen LogP contribution in [0.5, 0.6) is 11.5 Å². The molecule has 2 rings (SSSR count). The molecule has 0 radical (unpaired) electrons. The SMILES string of the molecule is CCOc1cc(CN=C(N)NCCc2ccccn2)ccc1OC(F)F. The minimum atomic E-state index is -2.91. The predicted molar refractivity (Wildman–Crippen MR) is 95.5 cm³/mol. The van der Waals surface area contributed by atoms with Gasteiger partial charge in [-0.05, 0) is 36.8 Å². The Balaban J connectivity index is 1.90. The molecule has 1 heterocycles. The first kappa shape index (κ1) is 19.4. The summed E-state index contributed by atoms with van der Waals surface area (Å²) in [5.41, 5.74) is 7.57. The van der Waals surface area contributed by atoms with Gasteiger partial charge in [-0.3, -0.25) is 4.98 Å². The number of pyridine rings is 1. The van der Waals surface area contributed by atoms with E-state index in [1.165, 1.54) is 6.07 Å². The van der Waals surface area contributed by atoms with E-state index in [1.54, 1.807) is 25.3 Å². The number of rotatable bonds is 9. The standard InChI is InChI=1S/C18H22F2N4O2/c1-2-25-16-11-13(6-7-15(16)26-17(19)20)12-24-18(21)23-10-8-14-5-3-4-9-22-14/h3-7,9,11,17H,2,8,10,12H2,1H3,(H3,21,23,24). The Labute approximate surface area is 151 Å². The summed E-state index contributed by atoms with van der Waals surface area (Å²) < 4.78 is 34.6. The second-order valence-electron chi connectivity index (χ2n) is 5.29. The van der Waals surface area contributed by atoms with Crippen LogP contribution in [0.2, 0.25) is 0 Å². The Morgan fingerprint density at radius 1 is 1.27 bits per heavy atom. The van der Waals surface area contributed by atoms with E-state index in [4.69, 9.17) is 10.5 Å². The first-order valence-corrected chi connectivity index (χ1v) is 8.22. The van der Waals surface area contributed by atoms with Gasteiger partial charge in [0.25, 0.3) is 0 Å². The van der Waals surface area contributed by atoms with Crippen molar-refractivity contribution in [3.8, 4) is 11.5 Å². The average molecular weight is 364 g/mol. The number of nitrogens with two attached hydrogens (primary N) is 1. The van der Waals surface area contributed by atoms with Crippen LogP contribution < -0.4 is 20.5 Å². The Bertz CT molecular complexity index is 712. The predicted octanol–water partition coefficient (Wildman–Crippen LogP) is 2.73. The molecule has 0 spiro atoms. The summed E-state index contributed by atoms with van der Waals surface area (Å²) >= 11 is 0. The van der Waals surface area contributed by atoms with Crippen LogP contribution in [-0.2, 0) is 13.0 Å². The summed E-state index contributed by atoms with van der Waals surface area (Å²) in [6.07, 6.45) is 2.47. The molecule has 0 saturated heterocycles. The van der Waals surface area contributed by atoms with Gasteiger partial charge in [-0.15, -0.1) is 0 Å². The van der Waals surface area contributed by atoms with Crippen LogP contribution in [0.4, 0.5) is 8.78 Å². The zero-order valence-corrected chi connectivity index (χ0v) is 14.5. The normalized spacial score (nSPS) is 11.5. The van der Waals surface area contributed by atoms with Crippen LogP contribution in [0, 0.1) is 0 Å². The number of hydrogen-bond donors (Lipinski definition) is 2. The summed E-state index contributed by atoms with van der Waals surface area (Å²) in [6, 6.07) is 10.4. The first-order chi connectivity index (χ1) is 12.6. The van der Waals surface area contributed by atoms with Crippen molar-refractivity contribution in [1.82, 2.24) is 10.3 Å². The largest absolute Gasteiger partial charge is 0.490 e. The maximum absolute atomic E-state index is 12.4. The highest BCUT2D eigenvalue weighted by Crippen LogP contribution is 2.30. The molecule has 0 unspecified atom stereocenters. The van der Waals surface area contributed by atoms with Crippen molar-refractivity contribution >= 4 is 5.96 Å². The van der Waals surface area contributed by atoms with Crippen molar-refractivity contribution in [2.24, 2.45) is 10.7 Å². The minimum Gasteiger partial charge on any atom is -0.490 e. The van der Waals surface area contributed by atoms with Crippen molar-refractivity contribution in [2.45, 2.75) is 26.5 Å². The second-order valence-corrected chi connectivity index (χ2v) is 5.29. The maximum Gasteiger partial charge on any atom is 0.387 e. The topological polar surface area (TPSA) is 81.8 Å². The number of guanidine groups is 1. The molecule has 0 aliphatic heterocycles. The van der Waals surface area contributed by atoms with Crippen molar-refractivity contribution in [1.29, 1.82) is 0 Å². The lowest BCUT2D eigenvalue weighted by Gasteiger charge is -2.12. The summed E-state index contributed by atoms with van der Waals surface area (Å²) in [4.78, 5) is 8.46. The summed E-state index contributed by atoms with van der Waals surface area (Å²) in [7, 11) is 0. The fraction of sp³-hybridized carbons (Fsp3) is 0.333. The molecule has 8 heteroatoms. The number of benzene rings is 1. The highest BCUT2D eigenvalue weighted by Gasteiger charge is 2.11. The Morgan fingerprint density at radius 2 is 2.12 bits per heavy atom. The number of hydrogen-bond acceptors (Lipinski definition) is 4. The van der Waals surface area contributed by atoms with E-state index in [2.05, 4.69) is 20.0 Å². The van der Waals surface area contributed by atoms with Crippen molar-refractivity contribution < 1.29 is 18.3 Å². The van der Waals surface area contributed by atoms with E-state index in [0.717, 1.165) is 17.7 Å². The lowest BCUT2D eigenvalue weighted by atomic mass is 10.2. The minimum absolute atomic E-state index is 0.00367. The van der Waals surface area contributed by atoms with E-state index in [-0.39, 0.29) is 18.0 Å². The Kier molecular flexibility index (Phi) is 7.60. The van der Waals surface area contributed by atoms with Gasteiger partial charge in [0.1, 0.15) is 0 Å². The third-order valence-corrected chi connectivity index (χ3v) is 3.37. The summed E-state index contributed by atoms with van der Waals surface area (Å²) in [6.45, 7) is 0.0937. The number of aromatic nitrogens is 1. The fourth-order valence-electron chi connectivity index (χ4n) is 2.21. The molecule has 6 nitrogen and oxygen atoms in total. The van der Waals surface area contributed by atoms with Crippen LogP contribution in [0.3, 0.4) is 0 Å². The van der Waals surface area contributed by atoms with Gasteiger partial charge in [0.15, 0.2) is 17.5 Å². The van der Waals surface area contributed by atoms with E-state index in [0.29, 0.717) is 19.1 Å². The number of halogens is 2. The van der Waals surface area contributed by atoms with Crippen LogP contribution in [-0.4, -0.2) is 30.7 Å². The van der Waals surface area contributed by atoms with Gasteiger partial charge in [-0.1, -0.05) is 12.1 Å². The maximum atomic E-state index is 12.4. The van der Waals surface area contributed by atoms with Gasteiger partial charge in [-0.25, -0.2) is 4.99 Å². The Hall–Kier alpha value is -2.90. The zero-order valence-electron chi connectivity index (χ0n) is 14.5. The van der Waals surface area contributed by atoms with Gasteiger partial charge in [0, 0.05) is 24.9 Å². The zero-order chi connectivity index (χ0) is 18.8. The molecule has 2 aromatic rings. The quantitative estimate of drug-likeness (QED) is 0.528. The third kappa shape index (κ3) is 6.54. The lowest BCUT2D eigenvalue weighted by Crippen LogP contribution is -2.33.